The van der Waals surface area contributed by atoms with Crippen LogP contribution in [0.5, 0.6) is 5.75 Å². The molecule has 0 saturated heterocycles. The molecule has 2 N–H and O–H groups in total. The minimum absolute atomic E-state index is 0.229. The molecule has 9 nitrogen and oxygen atoms in total. The first kappa shape index (κ1) is 25.5. The fourth-order valence-electron chi connectivity index (χ4n) is 3.10. The third-order valence-electron chi connectivity index (χ3n) is 4.93. The molecule has 1 heterocycles. The van der Waals surface area contributed by atoms with E-state index in [0.717, 1.165) is 11.4 Å². The lowest BCUT2D eigenvalue weighted by Crippen LogP contribution is -2.32. The summed E-state index contributed by atoms with van der Waals surface area (Å²) in [7, 11) is 0. The van der Waals surface area contributed by atoms with Gasteiger partial charge >= 0.3 is 5.97 Å². The van der Waals surface area contributed by atoms with Crippen LogP contribution < -0.4 is 15.4 Å². The highest BCUT2D eigenvalue weighted by molar-refractivity contribution is 5.96. The molecule has 3 aromatic rings. The van der Waals surface area contributed by atoms with Gasteiger partial charge in [-0.1, -0.05) is 39.0 Å². The Morgan fingerprint density at radius 2 is 1.69 bits per heavy atom. The fraction of sp³-hybridized carbons (Fsp3) is 0.308. The van der Waals surface area contributed by atoms with Crippen LogP contribution in [-0.2, 0) is 19.7 Å². The zero-order valence-corrected chi connectivity index (χ0v) is 20.3. The zero-order chi connectivity index (χ0) is 25.4. The maximum absolute atomic E-state index is 12.5. The monoisotopic (exact) mass is 478 g/mol. The van der Waals surface area contributed by atoms with Crippen molar-refractivity contribution in [1.29, 1.82) is 0 Å². The third kappa shape index (κ3) is 7.17. The molecule has 184 valence electrons. The fourth-order valence-corrected chi connectivity index (χ4v) is 3.10. The smallest absolute Gasteiger partial charge is 0.325 e. The van der Waals surface area contributed by atoms with Gasteiger partial charge in [0.25, 0.3) is 11.8 Å². The number of amides is 2. The molecule has 0 aliphatic carbocycles. The molecule has 0 bridgehead atoms. The van der Waals surface area contributed by atoms with Crippen molar-refractivity contribution in [2.75, 3.05) is 25.1 Å². The van der Waals surface area contributed by atoms with Gasteiger partial charge in [-0.05, 0) is 43.3 Å². The second kappa shape index (κ2) is 11.3. The first-order chi connectivity index (χ1) is 16.7. The standard InChI is InChI=1S/C26H30N4O5/c1-5-34-20-13-11-18(12-14-20)25(33)27-16-24(32)35-17-23(31)28-22-15-21(26(2,3)4)29-30(22)19-9-7-6-8-10-19/h6-15H,5,16-17H2,1-4H3,(H,27,33)(H,28,31). The van der Waals surface area contributed by atoms with Crippen LogP contribution in [0.3, 0.4) is 0 Å². The summed E-state index contributed by atoms with van der Waals surface area (Å²) >= 11 is 0. The highest BCUT2D eigenvalue weighted by Crippen LogP contribution is 2.26. The van der Waals surface area contributed by atoms with E-state index in [-0.39, 0.29) is 12.0 Å². The number of ether oxygens (including phenoxy) is 2. The molecule has 0 fully saturated rings. The van der Waals surface area contributed by atoms with Crippen molar-refractivity contribution < 1.29 is 23.9 Å². The number of para-hydroxylation sites is 1. The molecular weight excluding hydrogens is 448 g/mol. The topological polar surface area (TPSA) is 112 Å². The lowest BCUT2D eigenvalue weighted by atomic mass is 9.92. The zero-order valence-electron chi connectivity index (χ0n) is 20.3. The molecule has 0 aliphatic heterocycles. The number of hydrogen-bond donors (Lipinski definition) is 2. The van der Waals surface area contributed by atoms with E-state index in [9.17, 15) is 14.4 Å². The van der Waals surface area contributed by atoms with Crippen LogP contribution in [0.2, 0.25) is 0 Å². The molecule has 3 rings (SSSR count). The van der Waals surface area contributed by atoms with Crippen molar-refractivity contribution in [3.05, 3.63) is 71.9 Å². The van der Waals surface area contributed by atoms with Gasteiger partial charge in [-0.15, -0.1) is 0 Å². The summed E-state index contributed by atoms with van der Waals surface area (Å²) < 4.78 is 12.0. The highest BCUT2D eigenvalue weighted by Gasteiger charge is 2.22. The van der Waals surface area contributed by atoms with Gasteiger partial charge in [0, 0.05) is 17.0 Å². The molecule has 0 spiro atoms. The van der Waals surface area contributed by atoms with Gasteiger partial charge < -0.3 is 20.1 Å². The van der Waals surface area contributed by atoms with Gasteiger partial charge in [-0.2, -0.15) is 5.10 Å². The summed E-state index contributed by atoms with van der Waals surface area (Å²) in [6.45, 7) is 7.61. The van der Waals surface area contributed by atoms with Crippen molar-refractivity contribution in [3.63, 3.8) is 0 Å². The van der Waals surface area contributed by atoms with Crippen molar-refractivity contribution in [3.8, 4) is 11.4 Å². The maximum atomic E-state index is 12.5. The van der Waals surface area contributed by atoms with Crippen LogP contribution in [0.4, 0.5) is 5.82 Å². The van der Waals surface area contributed by atoms with E-state index in [0.29, 0.717) is 23.7 Å². The van der Waals surface area contributed by atoms with Gasteiger partial charge in [0.2, 0.25) is 0 Å². The van der Waals surface area contributed by atoms with Crippen molar-refractivity contribution in [2.45, 2.75) is 33.1 Å². The molecule has 0 atom stereocenters. The van der Waals surface area contributed by atoms with Gasteiger partial charge in [0.05, 0.1) is 18.0 Å². The molecule has 2 amide bonds. The van der Waals surface area contributed by atoms with Gasteiger partial charge in [-0.3, -0.25) is 14.4 Å². The molecule has 1 aromatic heterocycles. The first-order valence-electron chi connectivity index (χ1n) is 11.3. The first-order valence-corrected chi connectivity index (χ1v) is 11.3. The van der Waals surface area contributed by atoms with E-state index in [1.807, 2.05) is 58.0 Å². The van der Waals surface area contributed by atoms with Crippen LogP contribution in [0.25, 0.3) is 5.69 Å². The summed E-state index contributed by atoms with van der Waals surface area (Å²) in [5, 5.41) is 9.85. The van der Waals surface area contributed by atoms with E-state index in [2.05, 4.69) is 15.7 Å². The van der Waals surface area contributed by atoms with Crippen LogP contribution in [0.15, 0.2) is 60.7 Å². The van der Waals surface area contributed by atoms with E-state index in [1.54, 1.807) is 35.0 Å². The Kier molecular flexibility index (Phi) is 8.25. The number of benzene rings is 2. The second-order valence-electron chi connectivity index (χ2n) is 8.76. The normalized spacial score (nSPS) is 11.0. The summed E-state index contributed by atoms with van der Waals surface area (Å²) in [5.74, 6) is -0.570. The van der Waals surface area contributed by atoms with Gasteiger partial charge in [0.1, 0.15) is 18.1 Å². The van der Waals surface area contributed by atoms with E-state index in [4.69, 9.17) is 9.47 Å². The Morgan fingerprint density at radius 3 is 2.31 bits per heavy atom. The molecular formula is C26H30N4O5. The van der Waals surface area contributed by atoms with Crippen molar-refractivity contribution in [1.82, 2.24) is 15.1 Å². The number of aromatic nitrogens is 2. The summed E-state index contributed by atoms with van der Waals surface area (Å²) in [6, 6.07) is 17.7. The highest BCUT2D eigenvalue weighted by atomic mass is 16.5. The Morgan fingerprint density at radius 1 is 1.00 bits per heavy atom. The predicted octanol–water partition coefficient (Wildman–Crippen LogP) is 3.48. The largest absolute Gasteiger partial charge is 0.494 e. The summed E-state index contributed by atoms with van der Waals surface area (Å²) in [6.07, 6.45) is 0. The molecule has 0 unspecified atom stereocenters. The minimum Gasteiger partial charge on any atom is -0.494 e. The van der Waals surface area contributed by atoms with Crippen LogP contribution in [0, 0.1) is 0 Å². The van der Waals surface area contributed by atoms with Crippen molar-refractivity contribution >= 4 is 23.6 Å². The average molecular weight is 479 g/mol. The third-order valence-corrected chi connectivity index (χ3v) is 4.93. The molecule has 2 aromatic carbocycles. The second-order valence-corrected chi connectivity index (χ2v) is 8.76. The average Bonchev–Trinajstić information content (AvgIpc) is 3.27. The lowest BCUT2D eigenvalue weighted by molar-refractivity contribution is -0.146. The number of carbonyl (C=O) groups excluding carboxylic acids is 3. The molecule has 0 aliphatic rings. The summed E-state index contributed by atoms with van der Waals surface area (Å²) in [4.78, 5) is 36.7. The Balaban J connectivity index is 1.54. The van der Waals surface area contributed by atoms with E-state index >= 15 is 0 Å². The number of nitrogens with zero attached hydrogens (tertiary/aromatic N) is 2. The number of nitrogens with one attached hydrogen (secondary N) is 2. The van der Waals surface area contributed by atoms with E-state index in [1.165, 1.54) is 0 Å². The number of rotatable bonds is 9. The van der Waals surface area contributed by atoms with E-state index < -0.39 is 24.4 Å². The number of esters is 1. The predicted molar refractivity (Wildman–Crippen MR) is 132 cm³/mol. The van der Waals surface area contributed by atoms with Crippen molar-refractivity contribution in [2.24, 2.45) is 0 Å². The molecule has 35 heavy (non-hydrogen) atoms. The van der Waals surface area contributed by atoms with Crippen LogP contribution >= 0.6 is 0 Å². The van der Waals surface area contributed by atoms with Crippen LogP contribution in [0.1, 0.15) is 43.7 Å². The molecule has 0 radical (unpaired) electrons. The van der Waals surface area contributed by atoms with Gasteiger partial charge in [0.15, 0.2) is 6.61 Å². The molecule has 9 heteroatoms. The minimum atomic E-state index is -0.730. The maximum Gasteiger partial charge on any atom is 0.325 e. The quantitative estimate of drug-likeness (QED) is 0.456. The Bertz CT molecular complexity index is 1160. The number of anilines is 1. The Hall–Kier alpha value is -4.14. The number of hydrogen-bond acceptors (Lipinski definition) is 6. The number of carbonyl (C=O) groups is 3. The Labute approximate surface area is 204 Å². The SMILES string of the molecule is CCOc1ccc(C(=O)NCC(=O)OCC(=O)Nc2cc(C(C)(C)C)nn2-c2ccccc2)cc1. The lowest BCUT2D eigenvalue weighted by Gasteiger charge is -2.14. The molecule has 0 saturated carbocycles. The van der Waals surface area contributed by atoms with Gasteiger partial charge in [-0.25, -0.2) is 4.68 Å². The summed E-state index contributed by atoms with van der Waals surface area (Å²) in [5.41, 5.74) is 1.73. The van der Waals surface area contributed by atoms with Crippen LogP contribution in [-0.4, -0.2) is 47.3 Å².